The monoisotopic (exact) mass is 433 g/mol. The van der Waals surface area contributed by atoms with Gasteiger partial charge in [-0.05, 0) is 31.2 Å². The fourth-order valence-corrected chi connectivity index (χ4v) is 2.87. The van der Waals surface area contributed by atoms with Crippen molar-refractivity contribution in [3.05, 3.63) is 65.2 Å². The number of rotatable bonds is 7. The number of carbonyl (C=O) groups excluding carboxylic acids is 3. The van der Waals surface area contributed by atoms with Gasteiger partial charge in [0.15, 0.2) is 0 Å². The third-order valence-electron chi connectivity index (χ3n) is 4.44. The number of hydrogen-bond acceptors (Lipinski definition) is 7. The zero-order valence-electron chi connectivity index (χ0n) is 17.3. The van der Waals surface area contributed by atoms with Crippen LogP contribution in [0, 0.1) is 6.92 Å². The molecule has 31 heavy (non-hydrogen) atoms. The van der Waals surface area contributed by atoms with Crippen LogP contribution in [0.5, 0.6) is 11.5 Å². The molecule has 0 bridgehead atoms. The van der Waals surface area contributed by atoms with Crippen LogP contribution in [0.15, 0.2) is 53.9 Å². The molecule has 1 aromatic heterocycles. The summed E-state index contributed by atoms with van der Waals surface area (Å²) in [5.74, 6) is -2.32. The van der Waals surface area contributed by atoms with Crippen molar-refractivity contribution in [2.75, 3.05) is 13.1 Å². The average molecular weight is 433 g/mol. The number of nitrogens with zero attached hydrogens (tertiary/aromatic N) is 2. The molecule has 3 rings (SSSR count). The van der Waals surface area contributed by atoms with Crippen molar-refractivity contribution in [1.82, 2.24) is 15.2 Å². The maximum absolute atomic E-state index is 12.6. The summed E-state index contributed by atoms with van der Waals surface area (Å²) >= 11 is 0. The SMILES string of the molecule is Cc1ccc(Oc2ccc(CN3CCC(O)=C(C(=O)NCC(=O)[O-])C3=O)nc2)cc1.[Na+]. The second-order valence-corrected chi connectivity index (χ2v) is 6.75. The average Bonchev–Trinajstić information content (AvgIpc) is 2.72. The Balaban J connectivity index is 0.00000341. The van der Waals surface area contributed by atoms with Gasteiger partial charge in [-0.2, -0.15) is 0 Å². The summed E-state index contributed by atoms with van der Waals surface area (Å²) in [6.07, 6.45) is 1.61. The van der Waals surface area contributed by atoms with E-state index in [4.69, 9.17) is 4.74 Å². The summed E-state index contributed by atoms with van der Waals surface area (Å²) in [6.45, 7) is 1.54. The maximum Gasteiger partial charge on any atom is 1.00 e. The first-order valence-corrected chi connectivity index (χ1v) is 9.22. The van der Waals surface area contributed by atoms with Crippen molar-refractivity contribution in [3.63, 3.8) is 0 Å². The molecule has 2 N–H and O–H groups in total. The second kappa shape index (κ2) is 10.9. The van der Waals surface area contributed by atoms with Crippen LogP contribution in [0.3, 0.4) is 0 Å². The molecule has 0 unspecified atom stereocenters. The minimum absolute atomic E-state index is 0. The summed E-state index contributed by atoms with van der Waals surface area (Å²) in [7, 11) is 0. The van der Waals surface area contributed by atoms with Crippen LogP contribution in [0.2, 0.25) is 0 Å². The third-order valence-corrected chi connectivity index (χ3v) is 4.44. The van der Waals surface area contributed by atoms with Crippen molar-refractivity contribution < 1.29 is 58.9 Å². The molecule has 0 atom stereocenters. The maximum atomic E-state index is 12.6. The fraction of sp³-hybridized carbons (Fsp3) is 0.238. The van der Waals surface area contributed by atoms with E-state index < -0.39 is 29.9 Å². The Hall–Kier alpha value is -2.88. The molecule has 0 aliphatic carbocycles. The van der Waals surface area contributed by atoms with Crippen LogP contribution in [0.25, 0.3) is 0 Å². The van der Waals surface area contributed by atoms with Crippen LogP contribution in [0.4, 0.5) is 0 Å². The van der Waals surface area contributed by atoms with E-state index in [1.165, 1.54) is 11.1 Å². The van der Waals surface area contributed by atoms with Gasteiger partial charge in [-0.25, -0.2) is 0 Å². The number of aliphatic hydroxyl groups excluding tert-OH is 1. The number of ether oxygens (including phenoxy) is 1. The predicted octanol–water partition coefficient (Wildman–Crippen LogP) is -2.40. The number of pyridine rings is 1. The molecule has 1 aromatic carbocycles. The smallest absolute Gasteiger partial charge is 0.548 e. The van der Waals surface area contributed by atoms with E-state index in [1.807, 2.05) is 36.5 Å². The fourth-order valence-electron chi connectivity index (χ4n) is 2.87. The molecule has 2 heterocycles. The van der Waals surface area contributed by atoms with Gasteiger partial charge in [-0.3, -0.25) is 14.6 Å². The Bertz CT molecular complexity index is 989. The van der Waals surface area contributed by atoms with E-state index in [1.54, 1.807) is 12.1 Å². The molecular formula is C21H20N3NaO6. The van der Waals surface area contributed by atoms with Gasteiger partial charge in [-0.15, -0.1) is 0 Å². The Labute approximate surface area is 201 Å². The molecule has 9 nitrogen and oxygen atoms in total. The zero-order chi connectivity index (χ0) is 21.7. The second-order valence-electron chi connectivity index (χ2n) is 6.75. The number of carbonyl (C=O) groups is 3. The number of benzene rings is 1. The van der Waals surface area contributed by atoms with E-state index >= 15 is 0 Å². The van der Waals surface area contributed by atoms with Gasteiger partial charge in [-0.1, -0.05) is 17.7 Å². The Morgan fingerprint density at radius 3 is 2.48 bits per heavy atom. The molecule has 0 spiro atoms. The summed E-state index contributed by atoms with van der Waals surface area (Å²) in [6, 6.07) is 11.0. The number of amides is 2. The molecule has 0 saturated carbocycles. The number of aliphatic carboxylic acids is 1. The molecule has 2 aromatic rings. The molecule has 0 saturated heterocycles. The van der Waals surface area contributed by atoms with Gasteiger partial charge in [0.05, 0.1) is 30.9 Å². The van der Waals surface area contributed by atoms with Gasteiger partial charge < -0.3 is 30.0 Å². The first-order valence-electron chi connectivity index (χ1n) is 9.22. The molecule has 2 amide bonds. The van der Waals surface area contributed by atoms with Gasteiger partial charge in [0.25, 0.3) is 11.8 Å². The van der Waals surface area contributed by atoms with Crippen LogP contribution in [-0.2, 0) is 20.9 Å². The topological polar surface area (TPSA) is 132 Å². The molecule has 1 aliphatic heterocycles. The van der Waals surface area contributed by atoms with Crippen molar-refractivity contribution >= 4 is 17.8 Å². The summed E-state index contributed by atoms with van der Waals surface area (Å²) in [4.78, 5) is 40.8. The number of hydrogen-bond donors (Lipinski definition) is 2. The van der Waals surface area contributed by atoms with E-state index in [0.717, 1.165) is 5.56 Å². The van der Waals surface area contributed by atoms with Crippen LogP contribution in [0.1, 0.15) is 17.7 Å². The molecule has 0 radical (unpaired) electrons. The number of aromatic nitrogens is 1. The Kier molecular flexibility index (Phi) is 8.61. The number of carboxylic acids is 1. The standard InChI is InChI=1S/C21H21N3O6.Na/c1-13-2-5-15(6-3-13)30-16-7-4-14(22-10-16)12-24-9-8-17(25)19(21(24)29)20(28)23-11-18(26)27;/h2-7,10,25H,8-9,11-12H2,1H3,(H,23,28)(H,26,27);/q;+1/p-1. The molecule has 156 valence electrons. The van der Waals surface area contributed by atoms with E-state index in [9.17, 15) is 24.6 Å². The van der Waals surface area contributed by atoms with Gasteiger partial charge in [0.2, 0.25) is 0 Å². The number of nitrogens with one attached hydrogen (secondary N) is 1. The molecule has 0 fully saturated rings. The summed E-state index contributed by atoms with van der Waals surface area (Å²) < 4.78 is 5.72. The molecule has 1 aliphatic rings. The number of carboxylic acid groups (broad SMARTS) is 1. The van der Waals surface area contributed by atoms with Gasteiger partial charge >= 0.3 is 29.6 Å². The van der Waals surface area contributed by atoms with Crippen molar-refractivity contribution in [2.45, 2.75) is 19.9 Å². The normalized spacial score (nSPS) is 13.5. The minimum Gasteiger partial charge on any atom is -0.548 e. The Morgan fingerprint density at radius 1 is 1.19 bits per heavy atom. The van der Waals surface area contributed by atoms with Crippen molar-refractivity contribution in [2.24, 2.45) is 0 Å². The van der Waals surface area contributed by atoms with Gasteiger partial charge in [0, 0.05) is 13.0 Å². The van der Waals surface area contributed by atoms with E-state index in [-0.39, 0.29) is 54.8 Å². The third kappa shape index (κ3) is 6.55. The van der Waals surface area contributed by atoms with Crippen molar-refractivity contribution in [1.29, 1.82) is 0 Å². The van der Waals surface area contributed by atoms with Crippen LogP contribution >= 0.6 is 0 Å². The van der Waals surface area contributed by atoms with E-state index in [2.05, 4.69) is 4.98 Å². The van der Waals surface area contributed by atoms with Crippen molar-refractivity contribution in [3.8, 4) is 11.5 Å². The Morgan fingerprint density at radius 2 is 1.87 bits per heavy atom. The van der Waals surface area contributed by atoms with Gasteiger partial charge in [0.1, 0.15) is 22.8 Å². The first-order chi connectivity index (χ1) is 14.3. The van der Waals surface area contributed by atoms with E-state index in [0.29, 0.717) is 17.2 Å². The predicted molar refractivity (Wildman–Crippen MR) is 103 cm³/mol. The molecular weight excluding hydrogens is 413 g/mol. The summed E-state index contributed by atoms with van der Waals surface area (Å²) in [5.41, 5.74) is 1.21. The minimum atomic E-state index is -1.50. The van der Waals surface area contributed by atoms with Crippen LogP contribution in [-0.4, -0.2) is 45.9 Å². The number of aliphatic hydroxyl groups is 1. The van der Waals surface area contributed by atoms with Crippen LogP contribution < -0.4 is 44.7 Å². The zero-order valence-corrected chi connectivity index (χ0v) is 19.3. The first kappa shape index (κ1) is 24.4. The largest absolute Gasteiger partial charge is 1.00 e. The quantitative estimate of drug-likeness (QED) is 0.367. The number of aryl methyl sites for hydroxylation is 1. The summed E-state index contributed by atoms with van der Waals surface area (Å²) in [5, 5.41) is 22.5. The molecule has 10 heteroatoms.